The first-order chi connectivity index (χ1) is 5.68. The summed E-state index contributed by atoms with van der Waals surface area (Å²) in [6.45, 7) is 4.74. The minimum atomic E-state index is -1.58. The van der Waals surface area contributed by atoms with Gasteiger partial charge in [-0.15, -0.1) is 0 Å². The molecule has 0 amide bonds. The van der Waals surface area contributed by atoms with Crippen molar-refractivity contribution in [1.82, 2.24) is 0 Å². The lowest BCUT2D eigenvalue weighted by Crippen LogP contribution is -2.28. The van der Waals surface area contributed by atoms with Crippen LogP contribution in [-0.2, 0) is 9.47 Å². The Bertz CT molecular complexity index is 148. The van der Waals surface area contributed by atoms with Crippen molar-refractivity contribution in [1.29, 1.82) is 5.26 Å². The Labute approximate surface area is 78.2 Å². The van der Waals surface area contributed by atoms with Gasteiger partial charge >= 0.3 is 5.25 Å². The molecule has 4 heteroatoms. The van der Waals surface area contributed by atoms with Crippen LogP contribution in [0.1, 0.15) is 26.7 Å². The molecule has 0 aliphatic carbocycles. The second-order valence-electron chi connectivity index (χ2n) is 2.34. The van der Waals surface area contributed by atoms with Crippen LogP contribution in [0.2, 0.25) is 0 Å². The summed E-state index contributed by atoms with van der Waals surface area (Å²) in [7, 11) is 0. The van der Waals surface area contributed by atoms with Crippen LogP contribution < -0.4 is 0 Å². The Morgan fingerprint density at radius 2 is 1.67 bits per heavy atom. The molecule has 0 aliphatic rings. The second-order valence-corrected chi connectivity index (χ2v) is 2.84. The molecular weight excluding hydrogens is 178 g/mol. The Kier molecular flexibility index (Phi) is 6.09. The van der Waals surface area contributed by atoms with Gasteiger partial charge in [0, 0.05) is 0 Å². The van der Waals surface area contributed by atoms with E-state index in [2.05, 4.69) is 0 Å². The van der Waals surface area contributed by atoms with Gasteiger partial charge in [0.1, 0.15) is 6.07 Å². The van der Waals surface area contributed by atoms with Gasteiger partial charge in [0.2, 0.25) is 0 Å². The monoisotopic (exact) mass is 191 g/mol. The van der Waals surface area contributed by atoms with E-state index in [0.29, 0.717) is 13.2 Å². The third-order valence-corrected chi connectivity index (χ3v) is 1.42. The Balaban J connectivity index is 3.81. The summed E-state index contributed by atoms with van der Waals surface area (Å²) in [4.78, 5) is 0. The first-order valence-corrected chi connectivity index (χ1v) is 4.44. The number of ether oxygens (including phenoxy) is 2. The highest BCUT2D eigenvalue weighted by Crippen LogP contribution is 2.18. The summed E-state index contributed by atoms with van der Waals surface area (Å²) in [6, 6.07) is 1.77. The molecule has 0 saturated heterocycles. The number of hydrogen-bond donors (Lipinski definition) is 0. The molecule has 0 heterocycles. The van der Waals surface area contributed by atoms with Crippen LogP contribution in [0.3, 0.4) is 0 Å². The SMILES string of the molecule is CCCOC(Cl)(C#N)OCCC. The van der Waals surface area contributed by atoms with E-state index in [4.69, 9.17) is 26.3 Å². The molecule has 0 aromatic heterocycles. The zero-order valence-corrected chi connectivity index (χ0v) is 8.23. The van der Waals surface area contributed by atoms with Crippen LogP contribution >= 0.6 is 11.6 Å². The average Bonchev–Trinajstić information content (AvgIpc) is 2.11. The van der Waals surface area contributed by atoms with E-state index in [1.807, 2.05) is 13.8 Å². The summed E-state index contributed by atoms with van der Waals surface area (Å²) >= 11 is 5.68. The smallest absolute Gasteiger partial charge is 0.326 e. The number of hydrogen-bond acceptors (Lipinski definition) is 3. The summed E-state index contributed by atoms with van der Waals surface area (Å²) in [5.41, 5.74) is 0. The largest absolute Gasteiger partial charge is 0.341 e. The van der Waals surface area contributed by atoms with Crippen LogP contribution in [0.4, 0.5) is 0 Å². The number of halogens is 1. The molecule has 0 radical (unpaired) electrons. The van der Waals surface area contributed by atoms with Crippen LogP contribution in [-0.4, -0.2) is 18.5 Å². The lowest BCUT2D eigenvalue weighted by molar-refractivity contribution is -0.140. The van der Waals surface area contributed by atoms with Gasteiger partial charge in [-0.1, -0.05) is 13.8 Å². The van der Waals surface area contributed by atoms with Gasteiger partial charge in [0.15, 0.2) is 0 Å². The molecular formula is C8H14ClNO2. The number of nitriles is 1. The molecule has 0 rings (SSSR count). The third-order valence-electron chi connectivity index (χ3n) is 1.12. The molecule has 0 fully saturated rings. The molecule has 0 N–H and O–H groups in total. The molecule has 0 unspecified atom stereocenters. The number of rotatable bonds is 6. The highest BCUT2D eigenvalue weighted by atomic mass is 35.5. The minimum Gasteiger partial charge on any atom is -0.326 e. The van der Waals surface area contributed by atoms with E-state index < -0.39 is 5.25 Å². The molecule has 0 aliphatic heterocycles. The second kappa shape index (κ2) is 6.24. The summed E-state index contributed by atoms with van der Waals surface area (Å²) in [5, 5.41) is 7.03. The van der Waals surface area contributed by atoms with Crippen molar-refractivity contribution in [3.05, 3.63) is 0 Å². The fourth-order valence-electron chi connectivity index (χ4n) is 0.573. The van der Waals surface area contributed by atoms with Crippen LogP contribution in [0, 0.1) is 11.3 Å². The molecule has 0 atom stereocenters. The number of alkyl halides is 1. The maximum atomic E-state index is 8.61. The minimum absolute atomic E-state index is 0.431. The van der Waals surface area contributed by atoms with E-state index in [1.54, 1.807) is 6.07 Å². The third kappa shape index (κ3) is 4.55. The standard InChI is InChI=1S/C8H14ClNO2/c1-3-5-11-8(9,7-10)12-6-4-2/h3-6H2,1-2H3. The lowest BCUT2D eigenvalue weighted by Gasteiger charge is -2.18. The van der Waals surface area contributed by atoms with E-state index >= 15 is 0 Å². The van der Waals surface area contributed by atoms with Gasteiger partial charge in [0.05, 0.1) is 13.2 Å². The Hall–Kier alpha value is -0.300. The van der Waals surface area contributed by atoms with Gasteiger partial charge < -0.3 is 9.47 Å². The van der Waals surface area contributed by atoms with Crippen molar-refractivity contribution < 1.29 is 9.47 Å². The maximum absolute atomic E-state index is 8.61. The molecule has 3 nitrogen and oxygen atoms in total. The molecule has 0 saturated carbocycles. The highest BCUT2D eigenvalue weighted by Gasteiger charge is 2.28. The molecule has 12 heavy (non-hydrogen) atoms. The van der Waals surface area contributed by atoms with Gasteiger partial charge in [-0.25, -0.2) is 0 Å². The van der Waals surface area contributed by atoms with Crippen molar-refractivity contribution >= 4 is 11.6 Å². The molecule has 0 bridgehead atoms. The lowest BCUT2D eigenvalue weighted by atomic mass is 10.5. The quantitative estimate of drug-likeness (QED) is 0.478. The predicted octanol–water partition coefficient (Wildman–Crippen LogP) is 2.26. The first-order valence-electron chi connectivity index (χ1n) is 4.06. The van der Waals surface area contributed by atoms with E-state index in [9.17, 15) is 0 Å². The van der Waals surface area contributed by atoms with Gasteiger partial charge in [-0.05, 0) is 24.4 Å². The zero-order valence-electron chi connectivity index (χ0n) is 7.47. The van der Waals surface area contributed by atoms with Crippen molar-refractivity contribution in [2.24, 2.45) is 0 Å². The maximum Gasteiger partial charge on any atom is 0.341 e. The molecule has 70 valence electrons. The van der Waals surface area contributed by atoms with Crippen LogP contribution in [0.25, 0.3) is 0 Å². The Morgan fingerprint density at radius 1 is 1.25 bits per heavy atom. The molecule has 0 aromatic carbocycles. The predicted molar refractivity (Wildman–Crippen MR) is 46.7 cm³/mol. The highest BCUT2D eigenvalue weighted by molar-refractivity contribution is 6.23. The number of nitrogens with zero attached hydrogens (tertiary/aromatic N) is 1. The Morgan fingerprint density at radius 3 is 1.92 bits per heavy atom. The zero-order chi connectivity index (χ0) is 9.45. The average molecular weight is 192 g/mol. The van der Waals surface area contributed by atoms with Crippen molar-refractivity contribution in [3.8, 4) is 6.07 Å². The van der Waals surface area contributed by atoms with Crippen molar-refractivity contribution in [2.45, 2.75) is 31.9 Å². The summed E-state index contributed by atoms with van der Waals surface area (Å²) < 4.78 is 10.0. The van der Waals surface area contributed by atoms with E-state index in [1.165, 1.54) is 0 Å². The van der Waals surface area contributed by atoms with E-state index in [-0.39, 0.29) is 0 Å². The van der Waals surface area contributed by atoms with E-state index in [0.717, 1.165) is 12.8 Å². The fourth-order valence-corrected chi connectivity index (χ4v) is 0.727. The molecule has 0 aromatic rings. The van der Waals surface area contributed by atoms with Crippen molar-refractivity contribution in [2.75, 3.05) is 13.2 Å². The summed E-state index contributed by atoms with van der Waals surface area (Å²) in [5.74, 6) is 0. The van der Waals surface area contributed by atoms with Gasteiger partial charge in [0.25, 0.3) is 0 Å². The fraction of sp³-hybridized carbons (Fsp3) is 0.875. The van der Waals surface area contributed by atoms with Gasteiger partial charge in [-0.3, -0.25) is 0 Å². The normalized spacial score (nSPS) is 11.2. The van der Waals surface area contributed by atoms with Crippen LogP contribution in [0.5, 0.6) is 0 Å². The van der Waals surface area contributed by atoms with Gasteiger partial charge in [-0.2, -0.15) is 5.26 Å². The topological polar surface area (TPSA) is 42.2 Å². The van der Waals surface area contributed by atoms with Crippen LogP contribution in [0.15, 0.2) is 0 Å². The molecule has 0 spiro atoms. The van der Waals surface area contributed by atoms with Crippen molar-refractivity contribution in [3.63, 3.8) is 0 Å². The first kappa shape index (κ1) is 11.7. The summed E-state index contributed by atoms with van der Waals surface area (Å²) in [6.07, 6.45) is 1.62.